The monoisotopic (exact) mass is 577 g/mol. The first kappa shape index (κ1) is 25.4. The summed E-state index contributed by atoms with van der Waals surface area (Å²) in [6, 6.07) is 32.9. The molecular weight excluding hydrogens is 558 g/mol. The first-order chi connectivity index (χ1) is 16.3. The predicted molar refractivity (Wildman–Crippen MR) is 122 cm³/mol. The van der Waals surface area contributed by atoms with E-state index in [1.54, 1.807) is 0 Å². The Bertz CT molecular complexity index is 1130. The summed E-state index contributed by atoms with van der Waals surface area (Å²) < 4.78 is 67.6. The van der Waals surface area contributed by atoms with Crippen molar-refractivity contribution in [2.75, 3.05) is 0 Å². The summed E-state index contributed by atoms with van der Waals surface area (Å²) in [7, 11) is 0. The van der Waals surface area contributed by atoms with Gasteiger partial charge in [-0.1, -0.05) is 0 Å². The van der Waals surface area contributed by atoms with Crippen molar-refractivity contribution < 1.29 is 31.9 Å². The van der Waals surface area contributed by atoms with Gasteiger partial charge in [-0.15, -0.1) is 0 Å². The van der Waals surface area contributed by atoms with E-state index in [0.29, 0.717) is 0 Å². The summed E-state index contributed by atoms with van der Waals surface area (Å²) in [6.45, 7) is 0. The molecule has 0 spiro atoms. The Hall–Kier alpha value is -3.20. The van der Waals surface area contributed by atoms with Crippen LogP contribution in [0.1, 0.15) is 5.56 Å². The standard InChI is InChI=1S/C8H3F5O2.3C6H5.Sn/c9-4-2(1-3(14)15)5(10)7(12)8(13)6(4)11;3*1-2-4-6-5-3-1;/h1H2,(H,14,15);3*1-5H;. The average Bonchev–Trinajstić information content (AvgIpc) is 2.87. The molecular formula is C26H18F5O2Sn. The zero-order valence-electron chi connectivity index (χ0n) is 17.6. The van der Waals surface area contributed by atoms with Crippen molar-refractivity contribution in [2.45, 2.75) is 6.42 Å². The number of carbonyl (C=O) groups is 1. The van der Waals surface area contributed by atoms with Crippen LogP contribution in [0.5, 0.6) is 0 Å². The van der Waals surface area contributed by atoms with E-state index in [1.807, 2.05) is 0 Å². The van der Waals surface area contributed by atoms with Crippen LogP contribution < -0.4 is 10.7 Å². The number of hydrogen-bond acceptors (Lipinski definition) is 1. The molecule has 0 aliphatic heterocycles. The van der Waals surface area contributed by atoms with Crippen molar-refractivity contribution in [2.24, 2.45) is 0 Å². The van der Waals surface area contributed by atoms with Gasteiger partial charge in [0.05, 0.1) is 6.42 Å². The van der Waals surface area contributed by atoms with Gasteiger partial charge >= 0.3 is 127 Å². The predicted octanol–water partition coefficient (Wildman–Crippen LogP) is 4.21. The Morgan fingerprint density at radius 3 is 1.15 bits per heavy atom. The number of carboxylic acid groups (broad SMARTS) is 1. The van der Waals surface area contributed by atoms with Gasteiger partial charge in [-0.3, -0.25) is 4.79 Å². The summed E-state index contributed by atoms with van der Waals surface area (Å²) in [5, 5.41) is 8.19. The molecule has 0 aliphatic carbocycles. The molecule has 8 heteroatoms. The van der Waals surface area contributed by atoms with Gasteiger partial charge in [-0.25, -0.2) is 22.0 Å². The van der Waals surface area contributed by atoms with E-state index in [-0.39, 0.29) is 0 Å². The van der Waals surface area contributed by atoms with Crippen LogP contribution in [0.2, 0.25) is 0 Å². The van der Waals surface area contributed by atoms with E-state index in [2.05, 4.69) is 91.0 Å². The zero-order valence-corrected chi connectivity index (χ0v) is 20.5. The second kappa shape index (κ2) is 11.8. The van der Waals surface area contributed by atoms with Crippen LogP contribution in [0.4, 0.5) is 22.0 Å². The summed E-state index contributed by atoms with van der Waals surface area (Å²) >= 11 is -1.98. The third kappa shape index (κ3) is 6.02. The molecule has 4 aromatic rings. The molecule has 34 heavy (non-hydrogen) atoms. The molecule has 0 saturated carbocycles. The number of halogens is 5. The molecule has 0 heterocycles. The molecule has 1 radical (unpaired) electrons. The summed E-state index contributed by atoms with van der Waals surface area (Å²) in [4.78, 5) is 10.1. The molecule has 0 bridgehead atoms. The van der Waals surface area contributed by atoms with Crippen LogP contribution in [-0.2, 0) is 11.2 Å². The van der Waals surface area contributed by atoms with Gasteiger partial charge in [-0.2, -0.15) is 0 Å². The molecule has 173 valence electrons. The molecule has 0 fully saturated rings. The molecule has 0 atom stereocenters. The number of hydrogen-bond donors (Lipinski definition) is 1. The normalized spacial score (nSPS) is 10.5. The van der Waals surface area contributed by atoms with Crippen molar-refractivity contribution >= 4 is 36.5 Å². The van der Waals surface area contributed by atoms with Crippen LogP contribution in [-0.4, -0.2) is 30.8 Å². The van der Waals surface area contributed by atoms with Crippen molar-refractivity contribution in [3.05, 3.63) is 126 Å². The Morgan fingerprint density at radius 1 is 0.559 bits per heavy atom. The van der Waals surface area contributed by atoms with E-state index in [1.165, 1.54) is 10.7 Å². The Kier molecular flexibility index (Phi) is 8.81. The van der Waals surface area contributed by atoms with E-state index in [9.17, 15) is 26.7 Å². The quantitative estimate of drug-likeness (QED) is 0.168. The molecule has 0 aromatic heterocycles. The molecule has 2 nitrogen and oxygen atoms in total. The fourth-order valence-electron chi connectivity index (χ4n) is 3.27. The summed E-state index contributed by atoms with van der Waals surface area (Å²) in [6.07, 6.45) is -1.27. The third-order valence-electron chi connectivity index (χ3n) is 4.82. The molecule has 0 unspecified atom stereocenters. The SMILES string of the molecule is O=C(O)Cc1c(F)c(F)c(F)c(F)c1F.c1cc[c]([Sn]([c]2ccccc2)[c]2ccccc2)cc1. The van der Waals surface area contributed by atoms with Gasteiger partial charge in [0, 0.05) is 5.56 Å². The second-order valence-electron chi connectivity index (χ2n) is 7.09. The number of carboxylic acids is 1. The first-order valence-corrected chi connectivity index (χ1v) is 14.3. The van der Waals surface area contributed by atoms with Crippen molar-refractivity contribution in [3.63, 3.8) is 0 Å². The van der Waals surface area contributed by atoms with Gasteiger partial charge in [0.15, 0.2) is 23.3 Å². The zero-order chi connectivity index (χ0) is 24.7. The van der Waals surface area contributed by atoms with Crippen LogP contribution in [0.15, 0.2) is 91.0 Å². The van der Waals surface area contributed by atoms with E-state index in [4.69, 9.17) is 5.11 Å². The molecule has 4 aromatic carbocycles. The summed E-state index contributed by atoms with van der Waals surface area (Å²) in [5.41, 5.74) is -1.35. The van der Waals surface area contributed by atoms with E-state index >= 15 is 0 Å². The molecule has 0 amide bonds. The van der Waals surface area contributed by atoms with Gasteiger partial charge in [0.2, 0.25) is 5.82 Å². The molecule has 0 saturated heterocycles. The fraction of sp³-hybridized carbons (Fsp3) is 0.0385. The van der Waals surface area contributed by atoms with Gasteiger partial charge in [0.25, 0.3) is 0 Å². The van der Waals surface area contributed by atoms with Crippen LogP contribution in [0.3, 0.4) is 0 Å². The molecule has 4 rings (SSSR count). The number of rotatable bonds is 5. The van der Waals surface area contributed by atoms with Crippen molar-refractivity contribution in [3.8, 4) is 0 Å². The van der Waals surface area contributed by atoms with Crippen LogP contribution >= 0.6 is 0 Å². The Labute approximate surface area is 200 Å². The van der Waals surface area contributed by atoms with Gasteiger partial charge in [0.1, 0.15) is 0 Å². The minimum atomic E-state index is -2.31. The molecule has 0 aliphatic rings. The topological polar surface area (TPSA) is 37.3 Å². The Morgan fingerprint density at radius 2 is 0.853 bits per heavy atom. The number of benzene rings is 4. The molecule has 1 N–H and O–H groups in total. The fourth-order valence-corrected chi connectivity index (χ4v) is 10.6. The second-order valence-corrected chi connectivity index (χ2v) is 14.2. The van der Waals surface area contributed by atoms with Crippen LogP contribution in [0.25, 0.3) is 0 Å². The van der Waals surface area contributed by atoms with Gasteiger partial charge in [-0.05, 0) is 0 Å². The third-order valence-corrected chi connectivity index (χ3v) is 12.6. The summed E-state index contributed by atoms with van der Waals surface area (Å²) in [5.74, 6) is -12.5. The average molecular weight is 576 g/mol. The maximum atomic E-state index is 12.8. The first-order valence-electron chi connectivity index (χ1n) is 10.1. The minimum absolute atomic E-state index is 1.27. The number of aliphatic carboxylic acids is 1. The van der Waals surface area contributed by atoms with Crippen LogP contribution in [0, 0.1) is 29.1 Å². The maximum absolute atomic E-state index is 12.8. The van der Waals surface area contributed by atoms with E-state index in [0.717, 1.165) is 0 Å². The van der Waals surface area contributed by atoms with Crippen molar-refractivity contribution in [1.82, 2.24) is 0 Å². The Balaban J connectivity index is 0.000000197. The van der Waals surface area contributed by atoms with Crippen molar-refractivity contribution in [1.29, 1.82) is 0 Å². The van der Waals surface area contributed by atoms with E-state index < -0.39 is 66.8 Å². The van der Waals surface area contributed by atoms with Gasteiger partial charge < -0.3 is 5.11 Å².